The van der Waals surface area contributed by atoms with Crippen molar-refractivity contribution in [1.82, 2.24) is 4.98 Å². The number of hydrogen-bond acceptors (Lipinski definition) is 6. The molecule has 5 aliphatic rings. The molecule has 2 heterocycles. The highest BCUT2D eigenvalue weighted by Crippen LogP contribution is 2.61. The van der Waals surface area contributed by atoms with Crippen LogP contribution < -0.4 is 14.4 Å². The summed E-state index contributed by atoms with van der Waals surface area (Å²) in [5.41, 5.74) is 0.557. The van der Waals surface area contributed by atoms with Crippen molar-refractivity contribution in [1.29, 1.82) is 0 Å². The second kappa shape index (κ2) is 7.87. The van der Waals surface area contributed by atoms with Gasteiger partial charge in [0.2, 0.25) is 5.91 Å². The van der Waals surface area contributed by atoms with Crippen LogP contribution in [0.1, 0.15) is 51.4 Å². The van der Waals surface area contributed by atoms with E-state index in [0.29, 0.717) is 12.3 Å². The first-order chi connectivity index (χ1) is 15.6. The van der Waals surface area contributed by atoms with Crippen molar-refractivity contribution < 1.29 is 19.0 Å². The Morgan fingerprint density at radius 3 is 2.38 bits per heavy atom. The molecule has 0 spiro atoms. The molecule has 1 unspecified atom stereocenters. The maximum Gasteiger partial charge on any atom is 0.235 e. The van der Waals surface area contributed by atoms with Crippen molar-refractivity contribution in [3.05, 3.63) is 12.1 Å². The third kappa shape index (κ3) is 3.31. The first kappa shape index (κ1) is 20.7. The number of nitrogens with zero attached hydrogens (tertiary/aromatic N) is 2. The molecule has 0 N–H and O–H groups in total. The average Bonchev–Trinajstić information content (AvgIpc) is 3.45. The first-order valence-corrected chi connectivity index (χ1v) is 12.9. The van der Waals surface area contributed by atoms with Gasteiger partial charge in [-0.25, -0.2) is 4.98 Å². The summed E-state index contributed by atoms with van der Waals surface area (Å²) >= 11 is 1.54. The SMILES string of the molecule is COc1ccc(OC)c2sc(N(CC3CCCO3)C(=O)C34CC5CC(CC(C5)C3)C4)nc12. The van der Waals surface area contributed by atoms with Gasteiger partial charge >= 0.3 is 0 Å². The molecular weight excluding hydrogens is 424 g/mol. The molecular formula is C25H32N2O4S. The third-order valence-electron chi connectivity index (χ3n) is 8.28. The van der Waals surface area contributed by atoms with Gasteiger partial charge in [0, 0.05) is 6.61 Å². The molecule has 4 aliphatic carbocycles. The molecule has 7 heteroatoms. The van der Waals surface area contributed by atoms with E-state index < -0.39 is 0 Å². The Bertz CT molecular complexity index is 952. The normalized spacial score (nSPS) is 33.1. The summed E-state index contributed by atoms with van der Waals surface area (Å²) in [6, 6.07) is 3.80. The molecule has 6 nitrogen and oxygen atoms in total. The molecule has 7 rings (SSSR count). The second-order valence-corrected chi connectivity index (χ2v) is 11.4. The Kier molecular flexibility index (Phi) is 5.10. The van der Waals surface area contributed by atoms with Gasteiger partial charge in [0.05, 0.1) is 32.3 Å². The molecule has 1 aromatic heterocycles. The number of carbonyl (C=O) groups is 1. The second-order valence-electron chi connectivity index (χ2n) is 10.4. The fourth-order valence-electron chi connectivity index (χ4n) is 7.29. The lowest BCUT2D eigenvalue weighted by atomic mass is 9.49. The van der Waals surface area contributed by atoms with E-state index in [1.54, 1.807) is 14.2 Å². The standard InChI is InChI=1S/C25H32N2O4S/c1-29-19-5-6-20(30-2)22-21(19)26-24(32-22)27(14-18-4-3-7-31-18)23(28)25-11-15-8-16(12-25)10-17(9-15)13-25/h5-6,15-18H,3-4,7-14H2,1-2H3. The fourth-order valence-corrected chi connectivity index (χ4v) is 8.37. The Morgan fingerprint density at radius 2 is 1.78 bits per heavy atom. The van der Waals surface area contributed by atoms with Crippen LogP contribution in [0.3, 0.4) is 0 Å². The van der Waals surface area contributed by atoms with Crippen LogP contribution >= 0.6 is 11.3 Å². The summed E-state index contributed by atoms with van der Waals surface area (Å²) < 4.78 is 18.1. The minimum absolute atomic E-state index is 0.0867. The highest BCUT2D eigenvalue weighted by Gasteiger charge is 2.56. The lowest BCUT2D eigenvalue weighted by Crippen LogP contribution is -2.55. The van der Waals surface area contributed by atoms with E-state index >= 15 is 0 Å². The highest BCUT2D eigenvalue weighted by atomic mass is 32.1. The quantitative estimate of drug-likeness (QED) is 0.609. The van der Waals surface area contributed by atoms with E-state index in [2.05, 4.69) is 0 Å². The molecule has 1 amide bonds. The molecule has 32 heavy (non-hydrogen) atoms. The van der Waals surface area contributed by atoms with Crippen LogP contribution in [0, 0.1) is 23.2 Å². The van der Waals surface area contributed by atoms with Crippen LogP contribution in [-0.2, 0) is 9.53 Å². The zero-order valence-electron chi connectivity index (χ0n) is 19.0. The zero-order valence-corrected chi connectivity index (χ0v) is 19.8. The third-order valence-corrected chi connectivity index (χ3v) is 9.37. The fraction of sp³-hybridized carbons (Fsp3) is 0.680. The van der Waals surface area contributed by atoms with Crippen molar-refractivity contribution >= 4 is 32.6 Å². The lowest BCUT2D eigenvalue weighted by Gasteiger charge is -2.56. The summed E-state index contributed by atoms with van der Waals surface area (Å²) in [7, 11) is 3.33. The van der Waals surface area contributed by atoms with Gasteiger partial charge < -0.3 is 14.2 Å². The number of fused-ring (bicyclic) bond motifs is 1. The van der Waals surface area contributed by atoms with Crippen LogP contribution in [0.4, 0.5) is 5.13 Å². The van der Waals surface area contributed by atoms with Gasteiger partial charge in [-0.3, -0.25) is 9.69 Å². The minimum Gasteiger partial charge on any atom is -0.495 e. The molecule has 1 aliphatic heterocycles. The zero-order chi connectivity index (χ0) is 21.9. The van der Waals surface area contributed by atoms with E-state index in [9.17, 15) is 4.79 Å². The molecule has 1 aromatic carbocycles. The number of benzene rings is 1. The largest absolute Gasteiger partial charge is 0.495 e. The van der Waals surface area contributed by atoms with Crippen LogP contribution in [-0.4, -0.2) is 44.4 Å². The van der Waals surface area contributed by atoms with Crippen LogP contribution in [0.25, 0.3) is 10.2 Å². The number of aromatic nitrogens is 1. The number of thiazole rings is 1. The van der Waals surface area contributed by atoms with Gasteiger partial charge in [0.1, 0.15) is 21.7 Å². The average molecular weight is 457 g/mol. The summed E-state index contributed by atoms with van der Waals surface area (Å²) in [4.78, 5) is 21.3. The molecule has 4 saturated carbocycles. The topological polar surface area (TPSA) is 60.9 Å². The Labute approximate surface area is 193 Å². The van der Waals surface area contributed by atoms with Crippen molar-refractivity contribution in [2.45, 2.75) is 57.5 Å². The van der Waals surface area contributed by atoms with Crippen molar-refractivity contribution in [3.8, 4) is 11.5 Å². The van der Waals surface area contributed by atoms with Gasteiger partial charge in [0.25, 0.3) is 0 Å². The van der Waals surface area contributed by atoms with Crippen LogP contribution in [0.5, 0.6) is 11.5 Å². The lowest BCUT2D eigenvalue weighted by molar-refractivity contribution is -0.143. The van der Waals surface area contributed by atoms with Crippen molar-refractivity contribution in [3.63, 3.8) is 0 Å². The maximum atomic E-state index is 14.3. The molecule has 1 atom stereocenters. The van der Waals surface area contributed by atoms with Gasteiger partial charge in [0.15, 0.2) is 5.13 Å². The van der Waals surface area contributed by atoms with Crippen molar-refractivity contribution in [2.24, 2.45) is 23.2 Å². The van der Waals surface area contributed by atoms with Crippen molar-refractivity contribution in [2.75, 3.05) is 32.3 Å². The molecule has 4 bridgehead atoms. The first-order valence-electron chi connectivity index (χ1n) is 12.0. The Morgan fingerprint density at radius 1 is 1.12 bits per heavy atom. The Balaban J connectivity index is 1.41. The summed E-state index contributed by atoms with van der Waals surface area (Å²) in [6.07, 6.45) is 9.29. The summed E-state index contributed by atoms with van der Waals surface area (Å²) in [6.45, 7) is 1.37. The number of methoxy groups -OCH3 is 2. The highest BCUT2D eigenvalue weighted by molar-refractivity contribution is 7.22. The number of ether oxygens (including phenoxy) is 3. The number of carbonyl (C=O) groups excluding carboxylic acids is 1. The maximum absolute atomic E-state index is 14.3. The van der Waals surface area contributed by atoms with E-state index in [1.165, 1.54) is 30.6 Å². The smallest absolute Gasteiger partial charge is 0.235 e. The van der Waals surface area contributed by atoms with Gasteiger partial charge in [-0.15, -0.1) is 0 Å². The number of amides is 1. The van der Waals surface area contributed by atoms with Gasteiger partial charge in [-0.1, -0.05) is 11.3 Å². The van der Waals surface area contributed by atoms with Crippen LogP contribution in [0.2, 0.25) is 0 Å². The predicted octanol–water partition coefficient (Wildman–Crippen LogP) is 5.04. The van der Waals surface area contributed by atoms with E-state index in [-0.39, 0.29) is 17.4 Å². The van der Waals surface area contributed by atoms with E-state index in [0.717, 1.165) is 77.6 Å². The van der Waals surface area contributed by atoms with Gasteiger partial charge in [-0.05, 0) is 81.3 Å². The molecule has 2 aromatic rings. The number of hydrogen-bond donors (Lipinski definition) is 0. The monoisotopic (exact) mass is 456 g/mol. The van der Waals surface area contributed by atoms with E-state index in [1.807, 2.05) is 17.0 Å². The predicted molar refractivity (Wildman–Crippen MR) is 125 cm³/mol. The minimum atomic E-state index is -0.209. The Hall–Kier alpha value is -1.86. The summed E-state index contributed by atoms with van der Waals surface area (Å²) in [5, 5.41) is 0.749. The molecule has 0 radical (unpaired) electrons. The molecule has 5 fully saturated rings. The molecule has 172 valence electrons. The van der Waals surface area contributed by atoms with E-state index in [4.69, 9.17) is 19.2 Å². The number of rotatable bonds is 6. The van der Waals surface area contributed by atoms with Gasteiger partial charge in [-0.2, -0.15) is 0 Å². The molecule has 1 saturated heterocycles. The number of anilines is 1. The van der Waals surface area contributed by atoms with Crippen LogP contribution in [0.15, 0.2) is 12.1 Å². The summed E-state index contributed by atoms with van der Waals surface area (Å²) in [5.74, 6) is 3.94.